The average molecular weight is 845 g/mol. The second-order valence-electron chi connectivity index (χ2n) is 15.6. The summed E-state index contributed by atoms with van der Waals surface area (Å²) in [6.45, 7) is 3.46. The van der Waals surface area contributed by atoms with Crippen molar-refractivity contribution in [2.24, 2.45) is 36.1 Å². The van der Waals surface area contributed by atoms with Crippen LogP contribution >= 0.6 is 22.9 Å². The Morgan fingerprint density at radius 2 is 1.73 bits per heavy atom. The summed E-state index contributed by atoms with van der Waals surface area (Å²) in [5, 5.41) is 37.2. The van der Waals surface area contributed by atoms with E-state index in [2.05, 4.69) is 4.74 Å². The number of aryl methyl sites for hydroxylation is 2. The van der Waals surface area contributed by atoms with Crippen molar-refractivity contribution in [3.8, 4) is 22.1 Å². The first-order valence-corrected chi connectivity index (χ1v) is 19.8. The number of hydrogen-bond donors (Lipinski definition) is 3. The molecule has 2 aliphatic carbocycles. The minimum Gasteiger partial charge on any atom is -0.508 e. The van der Waals surface area contributed by atoms with Gasteiger partial charge in [-0.1, -0.05) is 35.4 Å². The number of aromatic nitrogens is 2. The molecule has 9 rings (SSSR count). The molecule has 6 unspecified atom stereocenters. The molecule has 4 amide bonds. The number of benzene rings is 3. The normalized spacial score (nSPS) is 25.4. The van der Waals surface area contributed by atoms with Crippen LogP contribution in [0, 0.1) is 36.0 Å². The number of alkyl halides is 3. The van der Waals surface area contributed by atoms with Crippen molar-refractivity contribution in [3.63, 3.8) is 0 Å². The van der Waals surface area contributed by atoms with Gasteiger partial charge in [0.25, 0.3) is 0 Å². The van der Waals surface area contributed by atoms with Crippen molar-refractivity contribution in [2.75, 3.05) is 9.80 Å². The van der Waals surface area contributed by atoms with E-state index in [0.29, 0.717) is 16.3 Å². The quantitative estimate of drug-likeness (QED) is 0.106. The minimum absolute atomic E-state index is 0.00725. The van der Waals surface area contributed by atoms with Crippen molar-refractivity contribution in [3.05, 3.63) is 94.5 Å². The molecular formula is C41H33BClF3N4O8S. The Labute approximate surface area is 343 Å². The molecule has 0 radical (unpaired) electrons. The third-order valence-electron chi connectivity index (χ3n) is 12.5. The maximum absolute atomic E-state index is 15.1. The summed E-state index contributed by atoms with van der Waals surface area (Å²) in [4.78, 5) is 61.3. The first-order chi connectivity index (χ1) is 27.9. The molecule has 3 N–H and O–H groups in total. The van der Waals surface area contributed by atoms with Crippen molar-refractivity contribution in [1.82, 2.24) is 9.78 Å². The molecule has 0 spiro atoms. The fourth-order valence-corrected chi connectivity index (χ4v) is 11.2. The first kappa shape index (κ1) is 39.0. The van der Waals surface area contributed by atoms with Crippen LogP contribution in [0.1, 0.15) is 36.8 Å². The van der Waals surface area contributed by atoms with E-state index in [1.54, 1.807) is 32.2 Å². The molecule has 2 saturated heterocycles. The summed E-state index contributed by atoms with van der Waals surface area (Å²) in [7, 11) is -0.295. The van der Waals surface area contributed by atoms with Crippen LogP contribution in [-0.2, 0) is 26.2 Å². The predicted molar refractivity (Wildman–Crippen MR) is 212 cm³/mol. The van der Waals surface area contributed by atoms with Crippen LogP contribution in [0.15, 0.2) is 78.4 Å². The zero-order valence-corrected chi connectivity index (χ0v) is 33.0. The molecule has 4 aliphatic rings. The van der Waals surface area contributed by atoms with Gasteiger partial charge in [0.05, 0.1) is 33.7 Å². The summed E-state index contributed by atoms with van der Waals surface area (Å²) in [5.74, 6) is -8.76. The number of anilines is 2. The summed E-state index contributed by atoms with van der Waals surface area (Å²) >= 11 is 7.74. The Kier molecular flexibility index (Phi) is 8.94. The molecule has 2 aliphatic heterocycles. The Hall–Kier alpha value is -5.49. The number of nitrogens with zero attached hydrogens (tertiary/aromatic N) is 4. The van der Waals surface area contributed by atoms with Crippen molar-refractivity contribution >= 4 is 80.7 Å². The lowest BCUT2D eigenvalue weighted by atomic mass is 9.51. The number of amides is 4. The van der Waals surface area contributed by atoms with Crippen LogP contribution in [-0.4, -0.2) is 62.0 Å². The number of fused-ring (bicyclic) bond motifs is 5. The summed E-state index contributed by atoms with van der Waals surface area (Å²) < 4.78 is 47.2. The maximum Gasteiger partial charge on any atom is 0.573 e. The van der Waals surface area contributed by atoms with Gasteiger partial charge in [-0.15, -0.1) is 24.5 Å². The first-order valence-electron chi connectivity index (χ1n) is 18.6. The number of carbonyl (C=O) groups is 4. The fourth-order valence-electron chi connectivity index (χ4n) is 9.83. The van der Waals surface area contributed by atoms with Crippen molar-refractivity contribution in [1.29, 1.82) is 0 Å². The summed E-state index contributed by atoms with van der Waals surface area (Å²) in [6.07, 6.45) is -3.48. The van der Waals surface area contributed by atoms with E-state index in [0.717, 1.165) is 48.5 Å². The zero-order valence-electron chi connectivity index (χ0n) is 31.4. The molecule has 3 aromatic carbocycles. The van der Waals surface area contributed by atoms with Gasteiger partial charge in [-0.05, 0) is 97.6 Å². The summed E-state index contributed by atoms with van der Waals surface area (Å²) in [5.41, 5.74) is 0.101. The zero-order chi connectivity index (χ0) is 42.0. The van der Waals surface area contributed by atoms with Crippen LogP contribution < -0.4 is 20.0 Å². The highest BCUT2D eigenvalue weighted by atomic mass is 35.5. The largest absolute Gasteiger partial charge is 0.573 e. The lowest BCUT2D eigenvalue weighted by molar-refractivity contribution is -0.274. The van der Waals surface area contributed by atoms with Gasteiger partial charge in [0.1, 0.15) is 23.0 Å². The molecule has 18 heteroatoms. The molecule has 59 heavy (non-hydrogen) atoms. The number of carbonyl (C=O) groups excluding carboxylic acids is 4. The number of allylic oxidation sites excluding steroid dienone is 2. The van der Waals surface area contributed by atoms with Gasteiger partial charge in [-0.2, -0.15) is 5.10 Å². The average Bonchev–Trinajstić information content (AvgIpc) is 3.85. The van der Waals surface area contributed by atoms with Gasteiger partial charge >= 0.3 is 13.5 Å². The monoisotopic (exact) mass is 844 g/mol. The Balaban J connectivity index is 1.17. The van der Waals surface area contributed by atoms with E-state index in [9.17, 15) is 42.7 Å². The maximum atomic E-state index is 15.1. The second kappa shape index (κ2) is 13.5. The number of phenolic OH excluding ortho intramolecular Hbond substituents is 1. The van der Waals surface area contributed by atoms with Gasteiger partial charge in [-0.25, -0.2) is 4.90 Å². The molecule has 6 atom stereocenters. The van der Waals surface area contributed by atoms with Crippen LogP contribution in [0.3, 0.4) is 0 Å². The fraction of sp³-hybridized carbons (Fsp3) is 0.293. The molecule has 0 bridgehead atoms. The van der Waals surface area contributed by atoms with E-state index in [4.69, 9.17) is 16.7 Å². The number of ether oxygens (including phenoxy) is 1. The number of hydrogen-bond acceptors (Lipinski definition) is 10. The van der Waals surface area contributed by atoms with Crippen LogP contribution in [0.5, 0.6) is 11.5 Å². The highest BCUT2D eigenvalue weighted by Crippen LogP contribution is 2.65. The van der Waals surface area contributed by atoms with Crippen LogP contribution in [0.2, 0.25) is 5.02 Å². The van der Waals surface area contributed by atoms with E-state index in [-0.39, 0.29) is 35.4 Å². The predicted octanol–water partition coefficient (Wildman–Crippen LogP) is 5.98. The van der Waals surface area contributed by atoms with E-state index < -0.39 is 83.6 Å². The second-order valence-corrected chi connectivity index (χ2v) is 17.1. The van der Waals surface area contributed by atoms with Crippen molar-refractivity contribution < 1.29 is 52.2 Å². The van der Waals surface area contributed by atoms with Gasteiger partial charge in [-0.3, -0.25) is 28.8 Å². The lowest BCUT2D eigenvalue weighted by Gasteiger charge is -2.49. The number of aromatic hydroxyl groups is 1. The Morgan fingerprint density at radius 3 is 2.46 bits per heavy atom. The van der Waals surface area contributed by atoms with Gasteiger partial charge in [0.15, 0.2) is 0 Å². The SMILES string of the molecule is Cc1c(-c2cc(N3C(=O)C4CC5C(=CCC6C(=O)N(c7cccc(B(O)O)c7)C(=O)C65)C(c5cc(OC(F)(F)F)ccc5O)C4(C)C3=O)n(C)n2)sc2ccc(Cl)cc12. The molecule has 2 aromatic heterocycles. The summed E-state index contributed by atoms with van der Waals surface area (Å²) in [6, 6.07) is 15.8. The smallest absolute Gasteiger partial charge is 0.508 e. The highest BCUT2D eigenvalue weighted by Gasteiger charge is 2.68. The standard InChI is InChI=1S/C41H33BClF3N4O8S/c1-18-25-14-20(43)7-12-31(25)59-35(18)29-17-32(48(3)47-29)50-37(53)28-16-26-23(34(40(28,2)39(50)55)27-15-22(8-11-30(27)51)58-41(44,45)46)9-10-24-33(26)38(54)49(36(24)52)21-6-4-5-19(13-21)42(56)57/h4-9,11-15,17,24,26,28,33-34,51,56-57H,10,16H2,1-3H3. The lowest BCUT2D eigenvalue weighted by Crippen LogP contribution is -2.49. The van der Waals surface area contributed by atoms with Crippen LogP contribution in [0.4, 0.5) is 24.7 Å². The Bertz CT molecular complexity index is 2700. The van der Waals surface area contributed by atoms with E-state index >= 15 is 4.79 Å². The highest BCUT2D eigenvalue weighted by molar-refractivity contribution is 7.22. The third-order valence-corrected chi connectivity index (χ3v) is 14.0. The minimum atomic E-state index is -5.09. The number of halogens is 4. The van der Waals surface area contributed by atoms with Crippen LogP contribution in [0.25, 0.3) is 20.7 Å². The number of thiophene rings is 1. The molecule has 12 nitrogen and oxygen atoms in total. The van der Waals surface area contributed by atoms with Gasteiger partial charge in [0, 0.05) is 34.3 Å². The number of phenols is 1. The van der Waals surface area contributed by atoms with Gasteiger partial charge in [0.2, 0.25) is 23.6 Å². The number of imide groups is 2. The molecule has 1 saturated carbocycles. The van der Waals surface area contributed by atoms with Gasteiger partial charge < -0.3 is 19.9 Å². The topological polar surface area (TPSA) is 162 Å². The molecule has 302 valence electrons. The molecule has 4 heterocycles. The molecule has 5 aromatic rings. The third kappa shape index (κ3) is 5.92. The molecule has 3 fully saturated rings. The Morgan fingerprint density at radius 1 is 0.966 bits per heavy atom. The number of rotatable bonds is 6. The molecular weight excluding hydrogens is 812 g/mol. The van der Waals surface area contributed by atoms with Crippen molar-refractivity contribution in [2.45, 2.75) is 39.0 Å². The van der Waals surface area contributed by atoms with E-state index in [1.165, 1.54) is 40.3 Å². The van der Waals surface area contributed by atoms with E-state index in [1.807, 2.05) is 19.1 Å².